The van der Waals surface area contributed by atoms with Crippen LogP contribution in [0.25, 0.3) is 0 Å². The minimum absolute atomic E-state index is 0.654. The molecule has 0 aromatic heterocycles. The fourth-order valence-electron chi connectivity index (χ4n) is 2.08. The normalized spacial score (nSPS) is 16.2. The summed E-state index contributed by atoms with van der Waals surface area (Å²) in [7, 11) is 0. The molecule has 94 valence electrons. The zero-order chi connectivity index (χ0) is 12.3. The zero-order valence-electron chi connectivity index (χ0n) is 10.0. The predicted molar refractivity (Wildman–Crippen MR) is 73.8 cm³/mol. The minimum Gasteiger partial charge on any atom is -0.314 e. The number of rotatable bonds is 5. The van der Waals surface area contributed by atoms with E-state index in [0.717, 1.165) is 36.8 Å². The lowest BCUT2D eigenvalue weighted by molar-refractivity contribution is 0.138. The third kappa shape index (κ3) is 3.35. The predicted octanol–water partition coefficient (Wildman–Crippen LogP) is 3.18. The van der Waals surface area contributed by atoms with E-state index in [-0.39, 0.29) is 0 Å². The van der Waals surface area contributed by atoms with Gasteiger partial charge in [0, 0.05) is 35.7 Å². The largest absolute Gasteiger partial charge is 0.314 e. The standard InChI is InChI=1S/C13H18Cl2N2/c1-2-5-17(12-7-16-8-12)9-10-3-4-11(14)6-13(10)15/h3-4,6,12,16H,2,5,7-9H2,1H3. The summed E-state index contributed by atoms with van der Waals surface area (Å²) in [4.78, 5) is 2.49. The lowest BCUT2D eigenvalue weighted by Gasteiger charge is -2.38. The Labute approximate surface area is 113 Å². The van der Waals surface area contributed by atoms with Gasteiger partial charge >= 0.3 is 0 Å². The van der Waals surface area contributed by atoms with Crippen molar-refractivity contribution in [1.82, 2.24) is 10.2 Å². The molecule has 1 N–H and O–H groups in total. The van der Waals surface area contributed by atoms with Crippen LogP contribution < -0.4 is 5.32 Å². The van der Waals surface area contributed by atoms with Crippen LogP contribution in [0.3, 0.4) is 0 Å². The first-order valence-electron chi connectivity index (χ1n) is 6.09. The molecule has 17 heavy (non-hydrogen) atoms. The Hall–Kier alpha value is -0.280. The maximum Gasteiger partial charge on any atom is 0.0465 e. The van der Waals surface area contributed by atoms with E-state index in [1.165, 1.54) is 6.42 Å². The van der Waals surface area contributed by atoms with Crippen molar-refractivity contribution in [1.29, 1.82) is 0 Å². The van der Waals surface area contributed by atoms with Gasteiger partial charge in [0.2, 0.25) is 0 Å². The third-order valence-electron chi connectivity index (χ3n) is 3.18. The molecule has 1 heterocycles. The molecule has 1 aliphatic rings. The number of halogens is 2. The van der Waals surface area contributed by atoms with Crippen LogP contribution in [0.1, 0.15) is 18.9 Å². The van der Waals surface area contributed by atoms with Crippen LogP contribution in [-0.4, -0.2) is 30.6 Å². The van der Waals surface area contributed by atoms with Gasteiger partial charge in [-0.05, 0) is 30.7 Å². The fourth-order valence-corrected chi connectivity index (χ4v) is 2.55. The summed E-state index contributed by atoms with van der Waals surface area (Å²) in [6.07, 6.45) is 1.17. The summed E-state index contributed by atoms with van der Waals surface area (Å²) in [6.45, 7) is 6.42. The van der Waals surface area contributed by atoms with Gasteiger partial charge < -0.3 is 5.32 Å². The Morgan fingerprint density at radius 1 is 1.35 bits per heavy atom. The van der Waals surface area contributed by atoms with E-state index >= 15 is 0 Å². The van der Waals surface area contributed by atoms with E-state index in [9.17, 15) is 0 Å². The lowest BCUT2D eigenvalue weighted by Crippen LogP contribution is -2.56. The third-order valence-corrected chi connectivity index (χ3v) is 3.76. The smallest absolute Gasteiger partial charge is 0.0465 e. The molecule has 0 unspecified atom stereocenters. The average molecular weight is 273 g/mol. The van der Waals surface area contributed by atoms with Crippen LogP contribution >= 0.6 is 23.2 Å². The number of hydrogen-bond donors (Lipinski definition) is 1. The SMILES string of the molecule is CCCN(Cc1ccc(Cl)cc1Cl)C1CNC1. The summed E-state index contributed by atoms with van der Waals surface area (Å²) in [5, 5.41) is 4.78. The Balaban J connectivity index is 2.05. The molecule has 0 bridgehead atoms. The van der Waals surface area contributed by atoms with Crippen LogP contribution in [0, 0.1) is 0 Å². The number of nitrogens with one attached hydrogen (secondary N) is 1. The van der Waals surface area contributed by atoms with Crippen LogP contribution in [0.4, 0.5) is 0 Å². The van der Waals surface area contributed by atoms with Crippen molar-refractivity contribution in [2.24, 2.45) is 0 Å². The Kier molecular flexibility index (Phi) is 4.69. The van der Waals surface area contributed by atoms with E-state index in [1.807, 2.05) is 18.2 Å². The molecule has 0 spiro atoms. The summed E-state index contributed by atoms with van der Waals surface area (Å²) < 4.78 is 0. The second kappa shape index (κ2) is 6.05. The highest BCUT2D eigenvalue weighted by molar-refractivity contribution is 6.35. The van der Waals surface area contributed by atoms with E-state index in [2.05, 4.69) is 17.1 Å². The van der Waals surface area contributed by atoms with Crippen molar-refractivity contribution in [3.05, 3.63) is 33.8 Å². The molecule has 1 aliphatic heterocycles. The lowest BCUT2D eigenvalue weighted by atomic mass is 10.1. The van der Waals surface area contributed by atoms with Crippen molar-refractivity contribution in [3.8, 4) is 0 Å². The Bertz CT molecular complexity index is 378. The van der Waals surface area contributed by atoms with Gasteiger partial charge in [-0.25, -0.2) is 0 Å². The Morgan fingerprint density at radius 3 is 2.65 bits per heavy atom. The second-order valence-corrected chi connectivity index (χ2v) is 5.36. The van der Waals surface area contributed by atoms with E-state index in [0.29, 0.717) is 11.1 Å². The quantitative estimate of drug-likeness (QED) is 0.886. The first kappa shape index (κ1) is 13.2. The summed E-state index contributed by atoms with van der Waals surface area (Å²) in [6, 6.07) is 6.41. The number of hydrogen-bond acceptors (Lipinski definition) is 2. The highest BCUT2D eigenvalue weighted by Gasteiger charge is 2.24. The maximum atomic E-state index is 6.21. The van der Waals surface area contributed by atoms with Gasteiger partial charge in [-0.15, -0.1) is 0 Å². The maximum absolute atomic E-state index is 6.21. The molecule has 1 aromatic rings. The van der Waals surface area contributed by atoms with Crippen molar-refractivity contribution in [2.45, 2.75) is 25.9 Å². The Morgan fingerprint density at radius 2 is 2.12 bits per heavy atom. The summed E-state index contributed by atoms with van der Waals surface area (Å²) in [5.74, 6) is 0. The first-order chi connectivity index (χ1) is 8.20. The molecule has 2 rings (SSSR count). The van der Waals surface area contributed by atoms with Crippen molar-refractivity contribution in [2.75, 3.05) is 19.6 Å². The highest BCUT2D eigenvalue weighted by atomic mass is 35.5. The van der Waals surface area contributed by atoms with Gasteiger partial charge in [0.25, 0.3) is 0 Å². The van der Waals surface area contributed by atoms with Crippen LogP contribution in [-0.2, 0) is 6.54 Å². The van der Waals surface area contributed by atoms with Crippen molar-refractivity contribution < 1.29 is 0 Å². The molecule has 0 saturated carbocycles. The van der Waals surface area contributed by atoms with Crippen LogP contribution in [0.5, 0.6) is 0 Å². The van der Waals surface area contributed by atoms with Gasteiger partial charge in [0.1, 0.15) is 0 Å². The van der Waals surface area contributed by atoms with Gasteiger partial charge in [-0.3, -0.25) is 4.90 Å². The molecule has 0 aliphatic carbocycles. The van der Waals surface area contributed by atoms with Gasteiger partial charge in [0.15, 0.2) is 0 Å². The number of benzene rings is 1. The molecule has 2 nitrogen and oxygen atoms in total. The molecule has 0 atom stereocenters. The molecular weight excluding hydrogens is 255 g/mol. The topological polar surface area (TPSA) is 15.3 Å². The van der Waals surface area contributed by atoms with Crippen molar-refractivity contribution >= 4 is 23.2 Å². The fraction of sp³-hybridized carbons (Fsp3) is 0.538. The monoisotopic (exact) mass is 272 g/mol. The average Bonchev–Trinajstić information content (AvgIpc) is 2.20. The van der Waals surface area contributed by atoms with Gasteiger partial charge in [-0.2, -0.15) is 0 Å². The molecule has 1 saturated heterocycles. The second-order valence-electron chi connectivity index (χ2n) is 4.52. The summed E-state index contributed by atoms with van der Waals surface area (Å²) in [5.41, 5.74) is 1.16. The van der Waals surface area contributed by atoms with E-state index in [1.54, 1.807) is 0 Å². The van der Waals surface area contributed by atoms with Crippen molar-refractivity contribution in [3.63, 3.8) is 0 Å². The minimum atomic E-state index is 0.654. The van der Waals surface area contributed by atoms with E-state index in [4.69, 9.17) is 23.2 Å². The van der Waals surface area contributed by atoms with Gasteiger partial charge in [-0.1, -0.05) is 36.2 Å². The molecule has 1 fully saturated rings. The molecule has 4 heteroatoms. The molecule has 0 amide bonds. The van der Waals surface area contributed by atoms with Crippen LogP contribution in [0.2, 0.25) is 10.0 Å². The molecular formula is C13H18Cl2N2. The van der Waals surface area contributed by atoms with Crippen LogP contribution in [0.15, 0.2) is 18.2 Å². The zero-order valence-corrected chi connectivity index (χ0v) is 11.6. The van der Waals surface area contributed by atoms with Gasteiger partial charge in [0.05, 0.1) is 0 Å². The van der Waals surface area contributed by atoms with E-state index < -0.39 is 0 Å². The molecule has 1 aromatic carbocycles. The number of nitrogens with zero attached hydrogens (tertiary/aromatic N) is 1. The molecule has 0 radical (unpaired) electrons. The summed E-state index contributed by atoms with van der Waals surface area (Å²) >= 11 is 12.1. The highest BCUT2D eigenvalue weighted by Crippen LogP contribution is 2.23. The first-order valence-corrected chi connectivity index (χ1v) is 6.85.